The molecule has 0 aliphatic heterocycles. The molecule has 150 valence electrons. The molecule has 7 nitrogen and oxygen atoms in total. The number of nitro benzene ring substituents is 1. The number of sulfonamides is 1. The van der Waals surface area contributed by atoms with Gasteiger partial charge in [-0.2, -0.15) is 0 Å². The zero-order chi connectivity index (χ0) is 21.0. The number of hydrogen-bond donors (Lipinski definition) is 0. The van der Waals surface area contributed by atoms with Gasteiger partial charge < -0.3 is 0 Å². The van der Waals surface area contributed by atoms with Gasteiger partial charge in [0.05, 0.1) is 22.1 Å². The van der Waals surface area contributed by atoms with Crippen molar-refractivity contribution in [3.05, 3.63) is 93.7 Å². The third-order valence-corrected chi connectivity index (χ3v) is 6.42. The molecule has 0 N–H and O–H groups in total. The lowest BCUT2D eigenvalue weighted by Crippen LogP contribution is -2.31. The van der Waals surface area contributed by atoms with Crippen molar-refractivity contribution in [2.75, 3.05) is 0 Å². The first-order valence-electron chi connectivity index (χ1n) is 9.05. The number of nitro groups is 1. The average Bonchev–Trinajstić information content (AvgIpc) is 3.14. The maximum absolute atomic E-state index is 13.5. The van der Waals surface area contributed by atoms with E-state index in [2.05, 4.69) is 0 Å². The molecule has 1 aliphatic rings. The molecule has 0 radical (unpaired) electrons. The SMILES string of the molecule is C/C=C(/C1=CCCC1=O)N(Cc1ccccc1)S(=O)(=O)c1ccc([N+](=O)[O-])cc1. The van der Waals surface area contributed by atoms with Gasteiger partial charge in [0, 0.05) is 24.1 Å². The highest BCUT2D eigenvalue weighted by atomic mass is 32.2. The van der Waals surface area contributed by atoms with E-state index in [-0.39, 0.29) is 22.9 Å². The molecule has 8 heteroatoms. The number of non-ortho nitro benzene ring substituents is 1. The van der Waals surface area contributed by atoms with E-state index in [1.54, 1.807) is 43.3 Å². The summed E-state index contributed by atoms with van der Waals surface area (Å²) in [6.07, 6.45) is 4.29. The molecule has 0 fully saturated rings. The van der Waals surface area contributed by atoms with Crippen LogP contribution in [-0.2, 0) is 21.4 Å². The summed E-state index contributed by atoms with van der Waals surface area (Å²) in [4.78, 5) is 22.5. The zero-order valence-corrected chi connectivity index (χ0v) is 16.6. The number of allylic oxidation sites excluding steroid dienone is 3. The van der Waals surface area contributed by atoms with Crippen molar-refractivity contribution in [2.24, 2.45) is 0 Å². The van der Waals surface area contributed by atoms with E-state index < -0.39 is 14.9 Å². The molecule has 2 aromatic carbocycles. The van der Waals surface area contributed by atoms with Gasteiger partial charge in [0.1, 0.15) is 0 Å². The Balaban J connectivity index is 2.08. The smallest absolute Gasteiger partial charge is 0.269 e. The van der Waals surface area contributed by atoms with Crippen LogP contribution in [0.1, 0.15) is 25.3 Å². The molecule has 0 unspecified atom stereocenters. The minimum absolute atomic E-state index is 0.0322. The molecular weight excluding hydrogens is 392 g/mol. The summed E-state index contributed by atoms with van der Waals surface area (Å²) in [5.74, 6) is -0.102. The second-order valence-electron chi connectivity index (χ2n) is 6.50. The molecule has 3 rings (SSSR count). The lowest BCUT2D eigenvalue weighted by Gasteiger charge is -2.27. The van der Waals surface area contributed by atoms with Crippen LogP contribution in [0.15, 0.2) is 82.9 Å². The van der Waals surface area contributed by atoms with Crippen molar-refractivity contribution in [1.29, 1.82) is 0 Å². The molecule has 29 heavy (non-hydrogen) atoms. The second kappa shape index (κ2) is 8.40. The second-order valence-corrected chi connectivity index (χ2v) is 8.36. The van der Waals surface area contributed by atoms with E-state index in [1.165, 1.54) is 16.4 Å². The predicted molar refractivity (Wildman–Crippen MR) is 108 cm³/mol. The van der Waals surface area contributed by atoms with E-state index in [9.17, 15) is 23.3 Å². The van der Waals surface area contributed by atoms with Gasteiger partial charge in [-0.1, -0.05) is 42.5 Å². The number of Topliss-reactive ketones (excluding diaryl/α,β-unsaturated/α-hetero) is 1. The molecule has 2 aromatic rings. The van der Waals surface area contributed by atoms with Crippen molar-refractivity contribution < 1.29 is 18.1 Å². The van der Waals surface area contributed by atoms with Gasteiger partial charge in [0.2, 0.25) is 0 Å². The number of benzene rings is 2. The minimum Gasteiger partial charge on any atom is -0.294 e. The Kier molecular flexibility index (Phi) is 5.93. The van der Waals surface area contributed by atoms with Gasteiger partial charge in [-0.3, -0.25) is 19.2 Å². The third kappa shape index (κ3) is 4.27. The Bertz CT molecular complexity index is 1090. The summed E-state index contributed by atoms with van der Waals surface area (Å²) >= 11 is 0. The van der Waals surface area contributed by atoms with Gasteiger partial charge in [-0.25, -0.2) is 8.42 Å². The molecule has 0 saturated heterocycles. The van der Waals surface area contributed by atoms with Crippen LogP contribution in [0.2, 0.25) is 0 Å². The quantitative estimate of drug-likeness (QED) is 0.506. The third-order valence-electron chi connectivity index (χ3n) is 4.64. The summed E-state index contributed by atoms with van der Waals surface area (Å²) in [6.45, 7) is 1.72. The van der Waals surface area contributed by atoms with Gasteiger partial charge in [-0.15, -0.1) is 0 Å². The summed E-state index contributed by atoms with van der Waals surface area (Å²) in [5.41, 5.74) is 1.26. The van der Waals surface area contributed by atoms with E-state index >= 15 is 0 Å². The number of carbonyl (C=O) groups is 1. The monoisotopic (exact) mass is 412 g/mol. The van der Waals surface area contributed by atoms with E-state index in [1.807, 2.05) is 6.07 Å². The van der Waals surface area contributed by atoms with Crippen LogP contribution in [0, 0.1) is 10.1 Å². The van der Waals surface area contributed by atoms with Gasteiger partial charge in [0.25, 0.3) is 15.7 Å². The minimum atomic E-state index is -4.06. The first-order valence-corrected chi connectivity index (χ1v) is 10.5. The summed E-state index contributed by atoms with van der Waals surface area (Å²) in [6, 6.07) is 13.8. The maximum Gasteiger partial charge on any atom is 0.269 e. The Morgan fingerprint density at radius 2 is 1.79 bits per heavy atom. The molecule has 0 amide bonds. The Morgan fingerprint density at radius 3 is 2.31 bits per heavy atom. The first kappa shape index (κ1) is 20.5. The van der Waals surface area contributed by atoms with Crippen molar-refractivity contribution in [3.8, 4) is 0 Å². The van der Waals surface area contributed by atoms with Crippen molar-refractivity contribution in [2.45, 2.75) is 31.2 Å². The standard InChI is InChI=1S/C21H20N2O5S/c1-2-20(19-9-6-10-21(19)24)22(15-16-7-4-3-5-8-16)29(27,28)18-13-11-17(12-14-18)23(25)26/h2-5,7-9,11-14H,6,10,15H2,1H3/b20-2-. The topological polar surface area (TPSA) is 97.6 Å². The molecule has 0 saturated carbocycles. The van der Waals surface area contributed by atoms with E-state index in [0.29, 0.717) is 24.1 Å². The van der Waals surface area contributed by atoms with Gasteiger partial charge in [-0.05, 0) is 31.0 Å². The number of rotatable bonds is 7. The predicted octanol–water partition coefficient (Wildman–Crippen LogP) is 3.98. The number of hydrogen-bond acceptors (Lipinski definition) is 5. The van der Waals surface area contributed by atoms with Crippen LogP contribution in [0.25, 0.3) is 0 Å². The first-order chi connectivity index (χ1) is 13.8. The molecule has 1 aliphatic carbocycles. The molecular formula is C21H20N2O5S. The Labute approximate surface area is 169 Å². The van der Waals surface area contributed by atoms with E-state index in [0.717, 1.165) is 17.7 Å². The Hall–Kier alpha value is -3.26. The zero-order valence-electron chi connectivity index (χ0n) is 15.8. The summed E-state index contributed by atoms with van der Waals surface area (Å²) in [5, 5.41) is 10.9. The fourth-order valence-electron chi connectivity index (χ4n) is 3.19. The lowest BCUT2D eigenvalue weighted by molar-refractivity contribution is -0.384. The Morgan fingerprint density at radius 1 is 1.14 bits per heavy atom. The van der Waals surface area contributed by atoms with Gasteiger partial charge in [0.15, 0.2) is 5.78 Å². The fraction of sp³-hybridized carbons (Fsp3) is 0.190. The van der Waals surface area contributed by atoms with Crippen LogP contribution in [0.3, 0.4) is 0 Å². The molecule has 0 heterocycles. The summed E-state index contributed by atoms with van der Waals surface area (Å²) < 4.78 is 28.1. The number of ketones is 1. The highest BCUT2D eigenvalue weighted by molar-refractivity contribution is 7.89. The van der Waals surface area contributed by atoms with Crippen molar-refractivity contribution >= 4 is 21.5 Å². The van der Waals surface area contributed by atoms with Crippen LogP contribution >= 0.6 is 0 Å². The average molecular weight is 412 g/mol. The normalized spacial score (nSPS) is 14.6. The van der Waals surface area contributed by atoms with Crippen LogP contribution in [0.4, 0.5) is 5.69 Å². The summed E-state index contributed by atoms with van der Waals surface area (Å²) in [7, 11) is -4.06. The van der Waals surface area contributed by atoms with Crippen molar-refractivity contribution in [1.82, 2.24) is 4.31 Å². The highest BCUT2D eigenvalue weighted by Gasteiger charge is 2.31. The molecule has 0 spiro atoms. The van der Waals surface area contributed by atoms with E-state index in [4.69, 9.17) is 0 Å². The van der Waals surface area contributed by atoms with Crippen LogP contribution in [-0.4, -0.2) is 23.4 Å². The number of carbonyl (C=O) groups excluding carboxylic acids is 1. The van der Waals surface area contributed by atoms with Crippen molar-refractivity contribution in [3.63, 3.8) is 0 Å². The molecule has 0 aromatic heterocycles. The number of nitrogens with zero attached hydrogens (tertiary/aromatic N) is 2. The molecule has 0 bridgehead atoms. The largest absolute Gasteiger partial charge is 0.294 e. The maximum atomic E-state index is 13.5. The molecule has 0 atom stereocenters. The fourth-order valence-corrected chi connectivity index (χ4v) is 4.71. The highest BCUT2D eigenvalue weighted by Crippen LogP contribution is 2.31. The van der Waals surface area contributed by atoms with Crippen LogP contribution in [0.5, 0.6) is 0 Å². The van der Waals surface area contributed by atoms with Gasteiger partial charge >= 0.3 is 0 Å². The van der Waals surface area contributed by atoms with Crippen LogP contribution < -0.4 is 0 Å². The lowest BCUT2D eigenvalue weighted by atomic mass is 10.1.